The maximum absolute atomic E-state index is 13.1. The number of sulfonamides is 1. The molecule has 4 nitrogen and oxygen atoms in total. The van der Waals surface area contributed by atoms with Gasteiger partial charge in [-0.25, -0.2) is 17.5 Å². The van der Waals surface area contributed by atoms with Gasteiger partial charge in [-0.3, -0.25) is 0 Å². The largest absolute Gasteiger partial charge is 0.396 e. The number of hydrogen-bond acceptors (Lipinski definition) is 3. The van der Waals surface area contributed by atoms with Crippen LogP contribution in [0.15, 0.2) is 21.5 Å². The van der Waals surface area contributed by atoms with Gasteiger partial charge >= 0.3 is 0 Å². The molecule has 0 fully saturated rings. The Balaban J connectivity index is 2.88. The molecule has 0 atom stereocenters. The van der Waals surface area contributed by atoms with Gasteiger partial charge in [-0.2, -0.15) is 0 Å². The van der Waals surface area contributed by atoms with Gasteiger partial charge in [-0.15, -0.1) is 0 Å². The molecule has 0 amide bonds. The maximum atomic E-state index is 13.1. The summed E-state index contributed by atoms with van der Waals surface area (Å²) >= 11 is 3.03. The van der Waals surface area contributed by atoms with E-state index >= 15 is 0 Å². The van der Waals surface area contributed by atoms with Gasteiger partial charge in [0.05, 0.1) is 10.6 Å². The minimum absolute atomic E-state index is 0.0436. The zero-order valence-electron chi connectivity index (χ0n) is 10.0. The number of halogens is 2. The second-order valence-electron chi connectivity index (χ2n) is 3.91. The Morgan fingerprint density at radius 1 is 1.39 bits per heavy atom. The Morgan fingerprint density at radius 3 is 2.67 bits per heavy atom. The van der Waals surface area contributed by atoms with Gasteiger partial charge in [0.25, 0.3) is 0 Å². The summed E-state index contributed by atoms with van der Waals surface area (Å²) in [5.41, 5.74) is 5.19. The number of benzene rings is 1. The molecule has 0 bridgehead atoms. The fourth-order valence-electron chi connectivity index (χ4n) is 1.41. The molecule has 1 aromatic rings. The Morgan fingerprint density at radius 2 is 2.06 bits per heavy atom. The van der Waals surface area contributed by atoms with Gasteiger partial charge in [0.1, 0.15) is 5.82 Å². The number of nitrogen functional groups attached to an aromatic ring is 1. The smallest absolute Gasteiger partial charge is 0.241 e. The van der Waals surface area contributed by atoms with Gasteiger partial charge in [-0.05, 0) is 34.5 Å². The highest BCUT2D eigenvalue weighted by atomic mass is 79.9. The van der Waals surface area contributed by atoms with Gasteiger partial charge in [0, 0.05) is 11.0 Å². The third-order valence-corrected chi connectivity index (χ3v) is 4.83. The second kappa shape index (κ2) is 6.49. The van der Waals surface area contributed by atoms with Crippen molar-refractivity contribution in [2.75, 3.05) is 12.3 Å². The summed E-state index contributed by atoms with van der Waals surface area (Å²) in [6.45, 7) is 2.39. The zero-order chi connectivity index (χ0) is 13.8. The van der Waals surface area contributed by atoms with Crippen LogP contribution in [0.5, 0.6) is 0 Å². The fraction of sp³-hybridized carbons (Fsp3) is 0.455. The van der Waals surface area contributed by atoms with E-state index in [0.717, 1.165) is 31.4 Å². The predicted octanol–water partition coefficient (Wildman–Crippen LogP) is 2.64. The lowest BCUT2D eigenvalue weighted by atomic mass is 10.3. The molecular formula is C11H16BrFN2O2S. The number of nitrogens with two attached hydrogens (primary N) is 1. The molecule has 0 aliphatic rings. The summed E-state index contributed by atoms with van der Waals surface area (Å²) in [4.78, 5) is -0.0436. The first-order chi connectivity index (χ1) is 8.38. The number of nitrogens with one attached hydrogen (secondary N) is 1. The zero-order valence-corrected chi connectivity index (χ0v) is 12.4. The van der Waals surface area contributed by atoms with Crippen molar-refractivity contribution in [3.63, 3.8) is 0 Å². The predicted molar refractivity (Wildman–Crippen MR) is 73.2 cm³/mol. The van der Waals surface area contributed by atoms with E-state index in [1.54, 1.807) is 0 Å². The molecule has 3 N–H and O–H groups in total. The number of anilines is 1. The average molecular weight is 339 g/mol. The van der Waals surface area contributed by atoms with Crippen LogP contribution < -0.4 is 10.5 Å². The second-order valence-corrected chi connectivity index (χ2v) is 6.50. The van der Waals surface area contributed by atoms with Crippen molar-refractivity contribution >= 4 is 31.6 Å². The van der Waals surface area contributed by atoms with Gasteiger partial charge < -0.3 is 5.73 Å². The monoisotopic (exact) mass is 338 g/mol. The van der Waals surface area contributed by atoms with Crippen molar-refractivity contribution in [1.29, 1.82) is 0 Å². The van der Waals surface area contributed by atoms with E-state index in [9.17, 15) is 12.8 Å². The first-order valence-electron chi connectivity index (χ1n) is 5.62. The molecule has 0 saturated carbocycles. The molecule has 0 aliphatic heterocycles. The van der Waals surface area contributed by atoms with Crippen LogP contribution in [0.3, 0.4) is 0 Å². The standard InChI is InChI=1S/C11H16BrFN2O2S/c1-2-3-4-5-15-18(16,17)11-7-10(14)9(13)6-8(11)12/h6-7,15H,2-5,14H2,1H3. The summed E-state index contributed by atoms with van der Waals surface area (Å²) < 4.78 is 39.7. The van der Waals surface area contributed by atoms with Crippen LogP contribution in [0.1, 0.15) is 26.2 Å². The Bertz CT molecular complexity index is 520. The van der Waals surface area contributed by atoms with Crippen molar-refractivity contribution in [3.05, 3.63) is 22.4 Å². The molecule has 0 saturated heterocycles. The summed E-state index contributed by atoms with van der Waals surface area (Å²) in [7, 11) is -3.65. The lowest BCUT2D eigenvalue weighted by Crippen LogP contribution is -2.25. The molecule has 1 rings (SSSR count). The lowest BCUT2D eigenvalue weighted by Gasteiger charge is -2.09. The molecule has 1 aromatic carbocycles. The normalized spacial score (nSPS) is 11.7. The van der Waals surface area contributed by atoms with Crippen LogP contribution in [0, 0.1) is 5.82 Å². The van der Waals surface area contributed by atoms with Gasteiger partial charge in [0.15, 0.2) is 0 Å². The summed E-state index contributed by atoms with van der Waals surface area (Å²) in [5.74, 6) is -0.646. The van der Waals surface area contributed by atoms with Crippen molar-refractivity contribution in [2.45, 2.75) is 31.1 Å². The average Bonchev–Trinajstić information content (AvgIpc) is 2.29. The van der Waals surface area contributed by atoms with Crippen molar-refractivity contribution in [1.82, 2.24) is 4.72 Å². The first-order valence-corrected chi connectivity index (χ1v) is 7.90. The minimum Gasteiger partial charge on any atom is -0.396 e. The van der Waals surface area contributed by atoms with Crippen molar-refractivity contribution in [3.8, 4) is 0 Å². The van der Waals surface area contributed by atoms with Crippen LogP contribution in [0.2, 0.25) is 0 Å². The maximum Gasteiger partial charge on any atom is 0.241 e. The number of rotatable bonds is 6. The minimum atomic E-state index is -3.65. The highest BCUT2D eigenvalue weighted by Crippen LogP contribution is 2.26. The van der Waals surface area contributed by atoms with Crippen LogP contribution in [0.4, 0.5) is 10.1 Å². The van der Waals surface area contributed by atoms with Crippen LogP contribution in [-0.4, -0.2) is 15.0 Å². The number of hydrogen-bond donors (Lipinski definition) is 2. The lowest BCUT2D eigenvalue weighted by molar-refractivity contribution is 0.574. The molecule has 0 heterocycles. The van der Waals surface area contributed by atoms with E-state index in [0.29, 0.717) is 6.54 Å². The molecule has 18 heavy (non-hydrogen) atoms. The van der Waals surface area contributed by atoms with Gasteiger partial charge in [0.2, 0.25) is 10.0 Å². The molecule has 0 aromatic heterocycles. The molecule has 0 spiro atoms. The summed E-state index contributed by atoms with van der Waals surface area (Å²) in [6.07, 6.45) is 2.73. The molecule has 0 unspecified atom stereocenters. The molecule has 7 heteroatoms. The van der Waals surface area contributed by atoms with E-state index in [-0.39, 0.29) is 15.1 Å². The van der Waals surface area contributed by atoms with E-state index in [1.807, 2.05) is 6.92 Å². The van der Waals surface area contributed by atoms with E-state index in [1.165, 1.54) is 0 Å². The third kappa shape index (κ3) is 3.93. The summed E-state index contributed by atoms with van der Waals surface area (Å²) in [6, 6.07) is 2.16. The Hall–Kier alpha value is -0.660. The highest BCUT2D eigenvalue weighted by Gasteiger charge is 2.19. The van der Waals surface area contributed by atoms with E-state index in [4.69, 9.17) is 5.73 Å². The van der Waals surface area contributed by atoms with Crippen LogP contribution in [-0.2, 0) is 10.0 Å². The van der Waals surface area contributed by atoms with E-state index < -0.39 is 15.8 Å². The SMILES string of the molecule is CCCCCNS(=O)(=O)c1cc(N)c(F)cc1Br. The number of unbranched alkanes of at least 4 members (excludes halogenated alkanes) is 2. The molecular weight excluding hydrogens is 323 g/mol. The highest BCUT2D eigenvalue weighted by molar-refractivity contribution is 9.10. The van der Waals surface area contributed by atoms with Crippen LogP contribution >= 0.6 is 15.9 Å². The molecule has 0 radical (unpaired) electrons. The van der Waals surface area contributed by atoms with Crippen molar-refractivity contribution in [2.24, 2.45) is 0 Å². The molecule has 102 valence electrons. The molecule has 0 aliphatic carbocycles. The Kier molecular flexibility index (Phi) is 5.55. The Labute approximate surface area is 115 Å². The van der Waals surface area contributed by atoms with Crippen molar-refractivity contribution < 1.29 is 12.8 Å². The fourth-order valence-corrected chi connectivity index (χ4v) is 3.53. The topological polar surface area (TPSA) is 72.2 Å². The van der Waals surface area contributed by atoms with Crippen LogP contribution in [0.25, 0.3) is 0 Å². The third-order valence-electron chi connectivity index (χ3n) is 2.41. The van der Waals surface area contributed by atoms with E-state index in [2.05, 4.69) is 20.7 Å². The quantitative estimate of drug-likeness (QED) is 0.618. The first kappa shape index (κ1) is 15.4. The van der Waals surface area contributed by atoms with Gasteiger partial charge in [-0.1, -0.05) is 19.8 Å². The summed E-state index contributed by atoms with van der Waals surface area (Å²) in [5, 5.41) is 0.